The molecule has 0 bridgehead atoms. The third-order valence-corrected chi connectivity index (χ3v) is 3.87. The van der Waals surface area contributed by atoms with E-state index >= 15 is 0 Å². The van der Waals surface area contributed by atoms with Gasteiger partial charge in [-0.25, -0.2) is 14.8 Å². The number of carbonyl (C=O) groups is 1. The van der Waals surface area contributed by atoms with Crippen LogP contribution in [0.15, 0.2) is 42.5 Å². The molecule has 0 aliphatic rings. The smallest absolute Gasteiger partial charge is 0.337 e. The number of anilines is 1. The van der Waals surface area contributed by atoms with Crippen LogP contribution in [0.25, 0.3) is 10.9 Å². The minimum absolute atomic E-state index is 0.147. The van der Waals surface area contributed by atoms with E-state index in [1.165, 1.54) is 7.11 Å². The van der Waals surface area contributed by atoms with Gasteiger partial charge in [-0.05, 0) is 47.5 Å². The summed E-state index contributed by atoms with van der Waals surface area (Å²) >= 11 is 12.0. The van der Waals surface area contributed by atoms with Crippen LogP contribution in [0.1, 0.15) is 15.9 Å². The van der Waals surface area contributed by atoms with E-state index < -0.39 is 0 Å². The van der Waals surface area contributed by atoms with Crippen LogP contribution in [-0.4, -0.2) is 23.0 Å². The number of halogens is 2. The predicted molar refractivity (Wildman–Crippen MR) is 94.7 cm³/mol. The van der Waals surface area contributed by atoms with Crippen molar-refractivity contribution in [2.45, 2.75) is 6.54 Å². The third-order valence-electron chi connectivity index (χ3n) is 3.47. The second kappa shape index (κ2) is 7.03. The highest BCUT2D eigenvalue weighted by Crippen LogP contribution is 2.25. The molecule has 0 aliphatic heterocycles. The first-order chi connectivity index (χ1) is 11.6. The maximum Gasteiger partial charge on any atom is 0.337 e. The number of hydrogen-bond donors (Lipinski definition) is 1. The van der Waals surface area contributed by atoms with Crippen molar-refractivity contribution >= 4 is 45.9 Å². The van der Waals surface area contributed by atoms with Crippen molar-refractivity contribution in [2.75, 3.05) is 12.4 Å². The molecule has 1 aromatic heterocycles. The number of aromatic nitrogens is 2. The standard InChI is InChI=1S/C17H13Cl2N3O2/c1-24-16(23)11-4-2-10(3-5-11)9-20-15-13-7-6-12(18)8-14(13)21-17(19)22-15/h2-8H,9H2,1H3,(H,20,21,22). The van der Waals surface area contributed by atoms with Gasteiger partial charge in [0.2, 0.25) is 5.28 Å². The summed E-state index contributed by atoms with van der Waals surface area (Å²) in [6, 6.07) is 12.5. The number of methoxy groups -OCH3 is 1. The minimum Gasteiger partial charge on any atom is -0.465 e. The van der Waals surface area contributed by atoms with Gasteiger partial charge in [0.1, 0.15) is 5.82 Å². The van der Waals surface area contributed by atoms with Gasteiger partial charge in [0.25, 0.3) is 0 Å². The van der Waals surface area contributed by atoms with Crippen molar-refractivity contribution in [1.29, 1.82) is 0 Å². The lowest BCUT2D eigenvalue weighted by Crippen LogP contribution is -2.05. The molecule has 1 N–H and O–H groups in total. The highest BCUT2D eigenvalue weighted by molar-refractivity contribution is 6.31. The zero-order valence-corrected chi connectivity index (χ0v) is 14.2. The van der Waals surface area contributed by atoms with Crippen molar-refractivity contribution in [3.8, 4) is 0 Å². The fraction of sp³-hybridized carbons (Fsp3) is 0.118. The van der Waals surface area contributed by atoms with Gasteiger partial charge in [0, 0.05) is 17.0 Å². The number of rotatable bonds is 4. The highest BCUT2D eigenvalue weighted by Gasteiger charge is 2.08. The SMILES string of the molecule is COC(=O)c1ccc(CNc2nc(Cl)nc3cc(Cl)ccc23)cc1. The Labute approximate surface area is 148 Å². The fourth-order valence-corrected chi connectivity index (χ4v) is 2.61. The number of ether oxygens (including phenoxy) is 1. The predicted octanol–water partition coefficient (Wildman–Crippen LogP) is 4.34. The van der Waals surface area contributed by atoms with Crippen LogP contribution >= 0.6 is 23.2 Å². The number of esters is 1. The molecule has 7 heteroatoms. The van der Waals surface area contributed by atoms with Crippen LogP contribution in [0.5, 0.6) is 0 Å². The van der Waals surface area contributed by atoms with E-state index in [0.717, 1.165) is 10.9 Å². The van der Waals surface area contributed by atoms with E-state index in [1.807, 2.05) is 18.2 Å². The van der Waals surface area contributed by atoms with Crippen LogP contribution < -0.4 is 5.32 Å². The Balaban J connectivity index is 1.81. The first-order valence-electron chi connectivity index (χ1n) is 7.11. The molecule has 3 aromatic rings. The summed E-state index contributed by atoms with van der Waals surface area (Å²) in [5.74, 6) is 0.263. The Morgan fingerprint density at radius 3 is 2.58 bits per heavy atom. The van der Waals surface area contributed by atoms with E-state index in [0.29, 0.717) is 28.5 Å². The second-order valence-electron chi connectivity index (χ2n) is 5.04. The maximum absolute atomic E-state index is 11.4. The van der Waals surface area contributed by atoms with E-state index in [-0.39, 0.29) is 11.3 Å². The van der Waals surface area contributed by atoms with Gasteiger partial charge in [0.05, 0.1) is 18.2 Å². The molecule has 0 amide bonds. The molecule has 0 saturated heterocycles. The van der Waals surface area contributed by atoms with E-state index in [1.54, 1.807) is 24.3 Å². The van der Waals surface area contributed by atoms with E-state index in [2.05, 4.69) is 20.0 Å². The molecule has 0 atom stereocenters. The van der Waals surface area contributed by atoms with Gasteiger partial charge in [-0.1, -0.05) is 23.7 Å². The lowest BCUT2D eigenvalue weighted by atomic mass is 10.1. The molecule has 5 nitrogen and oxygen atoms in total. The lowest BCUT2D eigenvalue weighted by molar-refractivity contribution is 0.0600. The summed E-state index contributed by atoms with van der Waals surface area (Å²) in [5.41, 5.74) is 2.16. The summed E-state index contributed by atoms with van der Waals surface area (Å²) in [5, 5.41) is 4.79. The molecule has 0 unspecified atom stereocenters. The largest absolute Gasteiger partial charge is 0.465 e. The van der Waals surface area contributed by atoms with Crippen molar-refractivity contribution in [1.82, 2.24) is 9.97 Å². The van der Waals surface area contributed by atoms with E-state index in [9.17, 15) is 4.79 Å². The average Bonchev–Trinajstić information content (AvgIpc) is 2.59. The quantitative estimate of drug-likeness (QED) is 0.553. The zero-order valence-electron chi connectivity index (χ0n) is 12.7. The van der Waals surface area contributed by atoms with Crippen LogP contribution in [-0.2, 0) is 11.3 Å². The average molecular weight is 362 g/mol. The number of benzene rings is 2. The normalized spacial score (nSPS) is 10.6. The summed E-state index contributed by atoms with van der Waals surface area (Å²) in [4.78, 5) is 19.8. The Morgan fingerprint density at radius 1 is 1.12 bits per heavy atom. The molecule has 122 valence electrons. The molecule has 0 radical (unpaired) electrons. The van der Waals surface area contributed by atoms with Gasteiger partial charge in [0.15, 0.2) is 0 Å². The van der Waals surface area contributed by atoms with E-state index in [4.69, 9.17) is 23.2 Å². The first kappa shape index (κ1) is 16.5. The fourth-order valence-electron chi connectivity index (χ4n) is 2.27. The molecule has 0 fully saturated rings. The number of carbonyl (C=O) groups excluding carboxylic acids is 1. The van der Waals surface area contributed by atoms with Crippen LogP contribution in [0, 0.1) is 0 Å². The third kappa shape index (κ3) is 3.58. The Hall–Kier alpha value is -2.37. The molecular formula is C17H13Cl2N3O2. The van der Waals surface area contributed by atoms with Crippen LogP contribution in [0.3, 0.4) is 0 Å². The molecule has 1 heterocycles. The van der Waals surface area contributed by atoms with Gasteiger partial charge >= 0.3 is 5.97 Å². The Kier molecular flexibility index (Phi) is 4.83. The van der Waals surface area contributed by atoms with Gasteiger partial charge in [-0.3, -0.25) is 0 Å². The second-order valence-corrected chi connectivity index (χ2v) is 5.82. The Morgan fingerprint density at radius 2 is 1.88 bits per heavy atom. The van der Waals surface area contributed by atoms with Crippen molar-refractivity contribution in [2.24, 2.45) is 0 Å². The number of hydrogen-bond acceptors (Lipinski definition) is 5. The number of nitrogens with one attached hydrogen (secondary N) is 1. The Bertz CT molecular complexity index is 893. The van der Waals surface area contributed by atoms with Crippen LogP contribution in [0.2, 0.25) is 10.3 Å². The molecule has 2 aromatic carbocycles. The molecule has 0 aliphatic carbocycles. The topological polar surface area (TPSA) is 64.1 Å². The summed E-state index contributed by atoms with van der Waals surface area (Å²) in [7, 11) is 1.36. The lowest BCUT2D eigenvalue weighted by Gasteiger charge is -2.10. The highest BCUT2D eigenvalue weighted by atomic mass is 35.5. The van der Waals surface area contributed by atoms with Crippen molar-refractivity contribution in [3.05, 3.63) is 63.9 Å². The van der Waals surface area contributed by atoms with Crippen molar-refractivity contribution < 1.29 is 9.53 Å². The molecule has 24 heavy (non-hydrogen) atoms. The van der Waals surface area contributed by atoms with Crippen molar-refractivity contribution in [3.63, 3.8) is 0 Å². The molecule has 0 spiro atoms. The number of fused-ring (bicyclic) bond motifs is 1. The monoisotopic (exact) mass is 361 g/mol. The molecular weight excluding hydrogens is 349 g/mol. The summed E-state index contributed by atoms with van der Waals surface area (Å²) in [6.07, 6.45) is 0. The minimum atomic E-state index is -0.361. The zero-order chi connectivity index (χ0) is 17.1. The molecule has 3 rings (SSSR count). The van der Waals surface area contributed by atoms with Gasteiger partial charge < -0.3 is 10.1 Å². The number of nitrogens with zero attached hydrogens (tertiary/aromatic N) is 2. The summed E-state index contributed by atoms with van der Waals surface area (Å²) < 4.78 is 4.68. The molecule has 0 saturated carbocycles. The van der Waals surface area contributed by atoms with Gasteiger partial charge in [-0.2, -0.15) is 0 Å². The van der Waals surface area contributed by atoms with Gasteiger partial charge in [-0.15, -0.1) is 0 Å². The van der Waals surface area contributed by atoms with Crippen LogP contribution in [0.4, 0.5) is 5.82 Å². The maximum atomic E-state index is 11.4. The first-order valence-corrected chi connectivity index (χ1v) is 7.86. The summed E-state index contributed by atoms with van der Waals surface area (Å²) in [6.45, 7) is 0.520.